The smallest absolute Gasteiger partial charge is 0.266 e. The number of carbonyl (C=O) groups is 2. The Hall–Kier alpha value is -6.06. The van der Waals surface area contributed by atoms with E-state index in [-0.39, 0.29) is 11.8 Å². The lowest BCUT2D eigenvalue weighted by Gasteiger charge is -2.24. The lowest BCUT2D eigenvalue weighted by atomic mass is 9.78. The van der Waals surface area contributed by atoms with Crippen molar-refractivity contribution in [3.05, 3.63) is 174 Å². The molecule has 0 radical (unpaired) electrons. The lowest BCUT2D eigenvalue weighted by Crippen LogP contribution is -2.29. The number of carbonyl (C=O) groups excluding carboxylic acids is 2. The standard InChI is InChI=1S/C46H35NO2/c1-2-3-16-31-25-27-36(28-26-31)47-45(48)39-29-37-38(30-40(39)46(47)49)42(33-19-10-5-11-20-33)44(35-23-14-7-15-24-35)43(34-21-12-6-13-22-34)41(37)32-17-8-4-9-18-32/h4-15,17-30H,2-3,16H2,1H3. The van der Waals surface area contributed by atoms with Crippen LogP contribution < -0.4 is 4.90 Å². The third-order valence-electron chi connectivity index (χ3n) is 9.58. The predicted octanol–water partition coefficient (Wildman–Crippen LogP) is 11.7. The highest BCUT2D eigenvalue weighted by Gasteiger charge is 2.38. The molecule has 3 nitrogen and oxygen atoms in total. The Balaban J connectivity index is 1.48. The molecule has 0 unspecified atom stereocenters. The average Bonchev–Trinajstić information content (AvgIpc) is 3.41. The van der Waals surface area contributed by atoms with Crippen LogP contribution in [0, 0.1) is 0 Å². The molecule has 8 rings (SSSR count). The Morgan fingerprint density at radius 2 is 0.816 bits per heavy atom. The number of hydrogen-bond donors (Lipinski definition) is 0. The summed E-state index contributed by atoms with van der Waals surface area (Å²) in [5.74, 6) is -0.589. The van der Waals surface area contributed by atoms with E-state index < -0.39 is 0 Å². The number of amides is 2. The van der Waals surface area contributed by atoms with Gasteiger partial charge in [-0.2, -0.15) is 0 Å². The molecule has 0 N–H and O–H groups in total. The first-order chi connectivity index (χ1) is 24.1. The number of fused-ring (bicyclic) bond motifs is 2. The van der Waals surface area contributed by atoms with E-state index >= 15 is 0 Å². The molecule has 1 aliphatic rings. The third-order valence-corrected chi connectivity index (χ3v) is 9.58. The summed E-state index contributed by atoms with van der Waals surface area (Å²) in [5, 5.41) is 1.86. The van der Waals surface area contributed by atoms with Gasteiger partial charge >= 0.3 is 0 Å². The molecule has 2 amide bonds. The number of rotatable bonds is 8. The van der Waals surface area contributed by atoms with Crippen LogP contribution in [0.5, 0.6) is 0 Å². The van der Waals surface area contributed by atoms with E-state index in [1.165, 1.54) is 10.5 Å². The number of anilines is 1. The van der Waals surface area contributed by atoms with Gasteiger partial charge in [-0.1, -0.05) is 147 Å². The molecule has 0 spiro atoms. The maximum atomic E-state index is 14.3. The largest absolute Gasteiger partial charge is 0.268 e. The second kappa shape index (κ2) is 12.9. The predicted molar refractivity (Wildman–Crippen MR) is 202 cm³/mol. The topological polar surface area (TPSA) is 37.4 Å². The van der Waals surface area contributed by atoms with E-state index in [9.17, 15) is 9.59 Å². The Labute approximate surface area is 287 Å². The number of aryl methyl sites for hydroxylation is 1. The Bertz CT molecular complexity index is 2170. The number of benzene rings is 7. The second-order valence-electron chi connectivity index (χ2n) is 12.6. The van der Waals surface area contributed by atoms with Crippen molar-refractivity contribution in [2.24, 2.45) is 0 Å². The molecular weight excluding hydrogens is 599 g/mol. The van der Waals surface area contributed by atoms with Crippen LogP contribution in [0.2, 0.25) is 0 Å². The van der Waals surface area contributed by atoms with Crippen LogP contribution in [-0.2, 0) is 6.42 Å². The van der Waals surface area contributed by atoms with Crippen LogP contribution in [0.1, 0.15) is 46.0 Å². The van der Waals surface area contributed by atoms with Crippen molar-refractivity contribution in [3.8, 4) is 44.5 Å². The van der Waals surface area contributed by atoms with E-state index in [0.29, 0.717) is 16.8 Å². The van der Waals surface area contributed by atoms with Gasteiger partial charge in [-0.15, -0.1) is 0 Å². The summed E-state index contributed by atoms with van der Waals surface area (Å²) < 4.78 is 0. The van der Waals surface area contributed by atoms with Crippen molar-refractivity contribution in [3.63, 3.8) is 0 Å². The number of imide groups is 1. The Morgan fingerprint density at radius 3 is 1.18 bits per heavy atom. The second-order valence-corrected chi connectivity index (χ2v) is 12.6. The molecule has 0 fully saturated rings. The van der Waals surface area contributed by atoms with Crippen LogP contribution in [0.3, 0.4) is 0 Å². The van der Waals surface area contributed by atoms with Gasteiger partial charge in [0, 0.05) is 0 Å². The Kier molecular flexibility index (Phi) is 7.95. The molecule has 1 aliphatic heterocycles. The third kappa shape index (κ3) is 5.34. The highest BCUT2D eigenvalue weighted by atomic mass is 16.2. The van der Waals surface area contributed by atoms with Crippen molar-refractivity contribution in [2.75, 3.05) is 4.90 Å². The highest BCUT2D eigenvalue weighted by Crippen LogP contribution is 2.51. The van der Waals surface area contributed by atoms with Gasteiger partial charge in [0.25, 0.3) is 11.8 Å². The van der Waals surface area contributed by atoms with Gasteiger partial charge in [-0.25, -0.2) is 4.90 Å². The summed E-state index contributed by atoms with van der Waals surface area (Å²) >= 11 is 0. The Morgan fingerprint density at radius 1 is 0.449 bits per heavy atom. The van der Waals surface area contributed by atoms with Crippen LogP contribution >= 0.6 is 0 Å². The number of unbranched alkanes of at least 4 members (excludes halogenated alkanes) is 1. The van der Waals surface area contributed by atoms with Crippen molar-refractivity contribution in [2.45, 2.75) is 26.2 Å². The van der Waals surface area contributed by atoms with E-state index in [4.69, 9.17) is 0 Å². The molecule has 1 heterocycles. The fourth-order valence-corrected chi connectivity index (χ4v) is 7.24. The normalized spacial score (nSPS) is 12.5. The maximum absolute atomic E-state index is 14.3. The van der Waals surface area contributed by atoms with E-state index in [1.807, 2.05) is 60.7 Å². The zero-order valence-corrected chi connectivity index (χ0v) is 27.4. The summed E-state index contributed by atoms with van der Waals surface area (Å²) in [4.78, 5) is 29.9. The minimum absolute atomic E-state index is 0.295. The zero-order chi connectivity index (χ0) is 33.3. The van der Waals surface area contributed by atoms with Gasteiger partial charge < -0.3 is 0 Å². The van der Waals surface area contributed by atoms with Crippen molar-refractivity contribution in [1.29, 1.82) is 0 Å². The molecule has 3 heteroatoms. The monoisotopic (exact) mass is 633 g/mol. The molecule has 236 valence electrons. The molecule has 0 atom stereocenters. The summed E-state index contributed by atoms with van der Waals surface area (Å²) in [7, 11) is 0. The molecule has 0 bridgehead atoms. The van der Waals surface area contributed by atoms with Gasteiger partial charge in [0.2, 0.25) is 0 Å². The van der Waals surface area contributed by atoms with Crippen molar-refractivity contribution >= 4 is 28.3 Å². The fourth-order valence-electron chi connectivity index (χ4n) is 7.24. The first-order valence-electron chi connectivity index (χ1n) is 17.0. The van der Waals surface area contributed by atoms with Gasteiger partial charge in [0.1, 0.15) is 0 Å². The van der Waals surface area contributed by atoms with Crippen LogP contribution in [-0.4, -0.2) is 11.8 Å². The first-order valence-corrected chi connectivity index (χ1v) is 17.0. The molecule has 0 saturated carbocycles. The van der Waals surface area contributed by atoms with E-state index in [1.54, 1.807) is 0 Å². The molecule has 49 heavy (non-hydrogen) atoms. The quantitative estimate of drug-likeness (QED) is 0.156. The summed E-state index contributed by atoms with van der Waals surface area (Å²) in [6.45, 7) is 2.18. The molecule has 7 aromatic carbocycles. The molecule has 0 aliphatic carbocycles. The summed E-state index contributed by atoms with van der Waals surface area (Å²) in [5.41, 5.74) is 11.1. The van der Waals surface area contributed by atoms with Gasteiger partial charge in [0.05, 0.1) is 16.8 Å². The maximum Gasteiger partial charge on any atom is 0.266 e. The fraction of sp³-hybridized carbons (Fsp3) is 0.0870. The van der Waals surface area contributed by atoms with Gasteiger partial charge in [0.15, 0.2) is 0 Å². The SMILES string of the molecule is CCCCc1ccc(N2C(=O)c3cc4c(-c5ccccc5)c(-c5ccccc5)c(-c5ccccc5)c(-c5ccccc5)c4cc3C2=O)cc1. The van der Waals surface area contributed by atoms with Crippen molar-refractivity contribution in [1.82, 2.24) is 0 Å². The number of hydrogen-bond acceptors (Lipinski definition) is 2. The van der Waals surface area contributed by atoms with Crippen LogP contribution in [0.25, 0.3) is 55.3 Å². The zero-order valence-electron chi connectivity index (χ0n) is 27.4. The first kappa shape index (κ1) is 30.3. The minimum Gasteiger partial charge on any atom is -0.268 e. The van der Waals surface area contributed by atoms with E-state index in [0.717, 1.165) is 74.5 Å². The van der Waals surface area contributed by atoms with Crippen LogP contribution in [0.15, 0.2) is 158 Å². The molecular formula is C46H35NO2. The average molecular weight is 634 g/mol. The van der Waals surface area contributed by atoms with Crippen LogP contribution in [0.4, 0.5) is 5.69 Å². The summed E-state index contributed by atoms with van der Waals surface area (Å²) in [6.07, 6.45) is 3.19. The summed E-state index contributed by atoms with van der Waals surface area (Å²) in [6, 6.07) is 53.6. The number of nitrogens with zero attached hydrogens (tertiary/aromatic N) is 1. The highest BCUT2D eigenvalue weighted by molar-refractivity contribution is 6.36. The van der Waals surface area contributed by atoms with Gasteiger partial charge in [-0.05, 0) is 98.0 Å². The van der Waals surface area contributed by atoms with Gasteiger partial charge in [-0.3, -0.25) is 9.59 Å². The van der Waals surface area contributed by atoms with Crippen molar-refractivity contribution < 1.29 is 9.59 Å². The molecule has 0 saturated heterocycles. The molecule has 7 aromatic rings. The van der Waals surface area contributed by atoms with E-state index in [2.05, 4.69) is 104 Å². The minimum atomic E-state index is -0.295. The molecule has 0 aromatic heterocycles. The lowest BCUT2D eigenvalue weighted by molar-refractivity contribution is 0.0926.